The van der Waals surface area contributed by atoms with Crippen LogP contribution in [0.3, 0.4) is 0 Å². The van der Waals surface area contributed by atoms with Gasteiger partial charge in [-0.3, -0.25) is 4.79 Å². The van der Waals surface area contributed by atoms with Gasteiger partial charge < -0.3 is 25.4 Å². The molecule has 7 nitrogen and oxygen atoms in total. The van der Waals surface area contributed by atoms with Crippen LogP contribution >= 0.6 is 0 Å². The van der Waals surface area contributed by atoms with Crippen LogP contribution < -0.4 is 20.7 Å². The zero-order chi connectivity index (χ0) is 21.2. The molecule has 3 rings (SSSR count). The minimum Gasteiger partial charge on any atom is -0.488 e. The molecule has 1 unspecified atom stereocenters. The zero-order valence-electron chi connectivity index (χ0n) is 18.3. The van der Waals surface area contributed by atoms with Crippen LogP contribution in [-0.4, -0.2) is 50.3 Å². The maximum atomic E-state index is 12.1. The summed E-state index contributed by atoms with van der Waals surface area (Å²) in [4.78, 5) is 16.8. The highest BCUT2D eigenvalue weighted by Gasteiger charge is 2.19. The van der Waals surface area contributed by atoms with Crippen molar-refractivity contribution in [2.24, 2.45) is 4.99 Å². The van der Waals surface area contributed by atoms with Gasteiger partial charge in [0.25, 0.3) is 0 Å². The van der Waals surface area contributed by atoms with Gasteiger partial charge in [0.1, 0.15) is 11.9 Å². The third-order valence-electron chi connectivity index (χ3n) is 5.52. The number of benzene rings is 1. The van der Waals surface area contributed by atoms with Crippen LogP contribution in [0.4, 0.5) is 0 Å². The predicted octanol–water partition coefficient (Wildman–Crippen LogP) is 2.67. The van der Waals surface area contributed by atoms with Crippen molar-refractivity contribution in [3.05, 3.63) is 29.3 Å². The number of hydrogen-bond donors (Lipinski definition) is 3. The summed E-state index contributed by atoms with van der Waals surface area (Å²) in [5.41, 5.74) is 2.21. The molecule has 1 aromatic rings. The Morgan fingerprint density at radius 1 is 1.23 bits per heavy atom. The molecule has 1 aliphatic carbocycles. The van der Waals surface area contributed by atoms with E-state index >= 15 is 0 Å². The van der Waals surface area contributed by atoms with E-state index in [0.717, 1.165) is 49.3 Å². The first-order valence-electron chi connectivity index (χ1n) is 11.3. The molecule has 0 radical (unpaired) electrons. The Hall–Kier alpha value is -2.28. The molecular formula is C23H36N4O3. The maximum absolute atomic E-state index is 12.1. The average Bonchev–Trinajstić information content (AvgIpc) is 3.41. The molecule has 2 aliphatic rings. The number of amides is 1. The molecule has 1 saturated heterocycles. The van der Waals surface area contributed by atoms with Crippen LogP contribution in [0.25, 0.3) is 0 Å². The molecule has 1 amide bonds. The van der Waals surface area contributed by atoms with Gasteiger partial charge in [0.15, 0.2) is 5.96 Å². The van der Waals surface area contributed by atoms with Gasteiger partial charge in [0.2, 0.25) is 5.91 Å². The van der Waals surface area contributed by atoms with E-state index in [4.69, 9.17) is 14.5 Å². The second-order valence-corrected chi connectivity index (χ2v) is 8.14. The molecule has 1 aromatic carbocycles. The second kappa shape index (κ2) is 11.8. The Morgan fingerprint density at radius 2 is 2.07 bits per heavy atom. The summed E-state index contributed by atoms with van der Waals surface area (Å²) >= 11 is 0. The lowest BCUT2D eigenvalue weighted by atomic mass is 10.1. The standard InChI is InChI=1S/C23H36N4O3/c1-3-24-23(25-12-10-22(28)27-19-6-4-5-7-19)26-15-18-9-8-17(2)14-21(18)30-20-11-13-29-16-20/h8-9,14,19-20H,3-7,10-13,15-16H2,1-2H3,(H,27,28)(H2,24,25,26). The molecule has 0 aromatic heterocycles. The van der Waals surface area contributed by atoms with Crippen molar-refractivity contribution < 1.29 is 14.3 Å². The van der Waals surface area contributed by atoms with E-state index in [2.05, 4.69) is 41.1 Å². The smallest absolute Gasteiger partial charge is 0.221 e. The highest BCUT2D eigenvalue weighted by Crippen LogP contribution is 2.24. The number of ether oxygens (including phenoxy) is 2. The number of nitrogens with one attached hydrogen (secondary N) is 3. The fraction of sp³-hybridized carbons (Fsp3) is 0.652. The van der Waals surface area contributed by atoms with Gasteiger partial charge in [0, 0.05) is 37.5 Å². The summed E-state index contributed by atoms with van der Waals surface area (Å²) in [5.74, 6) is 1.70. The lowest BCUT2D eigenvalue weighted by Gasteiger charge is -2.16. The van der Waals surface area contributed by atoms with Crippen molar-refractivity contribution in [3.8, 4) is 5.75 Å². The van der Waals surface area contributed by atoms with E-state index in [0.29, 0.717) is 38.1 Å². The van der Waals surface area contributed by atoms with E-state index in [9.17, 15) is 4.79 Å². The minimum absolute atomic E-state index is 0.109. The van der Waals surface area contributed by atoms with Gasteiger partial charge >= 0.3 is 0 Å². The third-order valence-corrected chi connectivity index (χ3v) is 5.52. The molecule has 2 fully saturated rings. The molecule has 30 heavy (non-hydrogen) atoms. The monoisotopic (exact) mass is 416 g/mol. The summed E-state index contributed by atoms with van der Waals surface area (Å²) < 4.78 is 11.6. The summed E-state index contributed by atoms with van der Waals surface area (Å²) in [6.07, 6.45) is 6.14. The van der Waals surface area contributed by atoms with Crippen LogP contribution in [-0.2, 0) is 16.1 Å². The van der Waals surface area contributed by atoms with Crippen LogP contribution in [0, 0.1) is 6.92 Å². The summed E-state index contributed by atoms with van der Waals surface area (Å²) in [5, 5.41) is 9.64. The number of aryl methyl sites for hydroxylation is 1. The molecule has 1 atom stereocenters. The van der Waals surface area contributed by atoms with Crippen molar-refractivity contribution in [3.63, 3.8) is 0 Å². The van der Waals surface area contributed by atoms with Gasteiger partial charge in [-0.05, 0) is 38.3 Å². The number of aliphatic imine (C=N–C) groups is 1. The Balaban J connectivity index is 1.52. The summed E-state index contributed by atoms with van der Waals surface area (Å²) in [6.45, 7) is 7.32. The molecular weight excluding hydrogens is 380 g/mol. The highest BCUT2D eigenvalue weighted by atomic mass is 16.5. The fourth-order valence-electron chi connectivity index (χ4n) is 3.86. The normalized spacial score (nSPS) is 19.7. The number of carbonyl (C=O) groups excluding carboxylic acids is 1. The van der Waals surface area contributed by atoms with Gasteiger partial charge in [-0.1, -0.05) is 25.0 Å². The molecule has 166 valence electrons. The van der Waals surface area contributed by atoms with Crippen molar-refractivity contribution in [1.82, 2.24) is 16.0 Å². The first-order chi connectivity index (χ1) is 14.6. The minimum atomic E-state index is 0.109. The second-order valence-electron chi connectivity index (χ2n) is 8.14. The quantitative estimate of drug-likeness (QED) is 0.426. The van der Waals surface area contributed by atoms with Crippen molar-refractivity contribution in [2.75, 3.05) is 26.3 Å². The molecule has 0 spiro atoms. The molecule has 7 heteroatoms. The molecule has 0 bridgehead atoms. The van der Waals surface area contributed by atoms with Crippen molar-refractivity contribution in [2.45, 2.75) is 71.1 Å². The lowest BCUT2D eigenvalue weighted by Crippen LogP contribution is -2.40. The molecule has 1 saturated carbocycles. The first-order valence-corrected chi connectivity index (χ1v) is 11.3. The summed E-state index contributed by atoms with van der Waals surface area (Å²) in [7, 11) is 0. The predicted molar refractivity (Wildman–Crippen MR) is 119 cm³/mol. The van der Waals surface area contributed by atoms with Gasteiger partial charge in [-0.15, -0.1) is 0 Å². The number of rotatable bonds is 9. The molecule has 3 N–H and O–H groups in total. The van der Waals surface area contributed by atoms with Gasteiger partial charge in [0.05, 0.1) is 19.8 Å². The zero-order valence-corrected chi connectivity index (χ0v) is 18.3. The Morgan fingerprint density at radius 3 is 2.80 bits per heavy atom. The first kappa shape index (κ1) is 22.4. The Bertz CT molecular complexity index is 710. The summed E-state index contributed by atoms with van der Waals surface area (Å²) in [6, 6.07) is 6.58. The van der Waals surface area contributed by atoms with E-state index in [1.165, 1.54) is 12.8 Å². The number of carbonyl (C=O) groups is 1. The van der Waals surface area contributed by atoms with Crippen molar-refractivity contribution in [1.29, 1.82) is 0 Å². The van der Waals surface area contributed by atoms with Crippen molar-refractivity contribution >= 4 is 11.9 Å². The Labute approximate surface area is 180 Å². The van der Waals surface area contributed by atoms with E-state index in [-0.39, 0.29) is 12.0 Å². The van der Waals surface area contributed by atoms with E-state index in [1.54, 1.807) is 0 Å². The van der Waals surface area contributed by atoms with Crippen LogP contribution in [0.15, 0.2) is 23.2 Å². The number of hydrogen-bond acceptors (Lipinski definition) is 4. The molecule has 1 heterocycles. The Kier molecular flexibility index (Phi) is 8.81. The van der Waals surface area contributed by atoms with Crippen LogP contribution in [0.5, 0.6) is 5.75 Å². The largest absolute Gasteiger partial charge is 0.488 e. The topological polar surface area (TPSA) is 84.0 Å². The lowest BCUT2D eigenvalue weighted by molar-refractivity contribution is -0.121. The van der Waals surface area contributed by atoms with Gasteiger partial charge in [-0.2, -0.15) is 0 Å². The third kappa shape index (κ3) is 7.20. The van der Waals surface area contributed by atoms with Crippen LogP contribution in [0.1, 0.15) is 56.6 Å². The molecule has 1 aliphatic heterocycles. The maximum Gasteiger partial charge on any atom is 0.221 e. The highest BCUT2D eigenvalue weighted by molar-refractivity contribution is 5.81. The van der Waals surface area contributed by atoms with E-state index in [1.807, 2.05) is 6.92 Å². The fourth-order valence-corrected chi connectivity index (χ4v) is 3.86. The van der Waals surface area contributed by atoms with Gasteiger partial charge in [-0.25, -0.2) is 4.99 Å². The SMILES string of the molecule is CCNC(=NCc1ccc(C)cc1OC1CCOC1)NCCC(=O)NC1CCCC1. The number of nitrogens with zero attached hydrogens (tertiary/aromatic N) is 1. The van der Waals surface area contributed by atoms with E-state index < -0.39 is 0 Å². The van der Waals surface area contributed by atoms with Crippen LogP contribution in [0.2, 0.25) is 0 Å². The average molecular weight is 417 g/mol. The number of guanidine groups is 1.